The number of carbonyl (C=O) groups excluding carboxylic acids is 1. The molecule has 0 bridgehead atoms. The molecule has 2 heterocycles. The molecule has 0 aliphatic heterocycles. The molecule has 0 aliphatic rings. The Morgan fingerprint density at radius 3 is 2.86 bits per heavy atom. The maximum Gasteiger partial charge on any atom is 0.264 e. The Kier molecular flexibility index (Phi) is 2.56. The van der Waals surface area contributed by atoms with Gasteiger partial charge in [0.1, 0.15) is 6.33 Å². The molecule has 0 saturated carbocycles. The van der Waals surface area contributed by atoms with Crippen LogP contribution < -0.4 is 5.73 Å². The summed E-state index contributed by atoms with van der Waals surface area (Å²) in [6.45, 7) is 0. The van der Waals surface area contributed by atoms with E-state index in [-0.39, 0.29) is 5.91 Å². The number of hydrogen-bond acceptors (Lipinski definition) is 3. The summed E-state index contributed by atoms with van der Waals surface area (Å²) in [4.78, 5) is 17.2. The molecule has 2 aromatic heterocycles. The number of imidazole rings is 1. The van der Waals surface area contributed by atoms with Crippen molar-refractivity contribution in [2.75, 3.05) is 5.73 Å². The van der Waals surface area contributed by atoms with Gasteiger partial charge in [-0.15, -0.1) is 0 Å². The van der Waals surface area contributed by atoms with Crippen LogP contribution in [0, 0.1) is 0 Å². The second-order valence-corrected chi connectivity index (χ2v) is 5.33. The number of hydrogen-bond donors (Lipinski definition) is 1. The molecule has 5 heteroatoms. The zero-order valence-corrected chi connectivity index (χ0v) is 12.0. The van der Waals surface area contributed by atoms with Crippen molar-refractivity contribution in [1.82, 2.24) is 14.1 Å². The highest BCUT2D eigenvalue weighted by molar-refractivity contribution is 6.10. The standard InChI is InChI=1S/C17H14N4O/c1-20-8-7-12-13(3-2-4-15(12)20)17(22)21-10-19-14-9-11(18)5-6-16(14)21/h2-10H,18H2,1H3. The summed E-state index contributed by atoms with van der Waals surface area (Å²) in [7, 11) is 1.96. The lowest BCUT2D eigenvalue weighted by molar-refractivity contribution is 0.0966. The molecule has 0 saturated heterocycles. The van der Waals surface area contributed by atoms with Gasteiger partial charge in [0.05, 0.1) is 11.0 Å². The van der Waals surface area contributed by atoms with Crippen molar-refractivity contribution >= 4 is 33.5 Å². The molecule has 0 amide bonds. The topological polar surface area (TPSA) is 65.8 Å². The number of anilines is 1. The number of aromatic nitrogens is 3. The minimum absolute atomic E-state index is 0.0935. The lowest BCUT2D eigenvalue weighted by Crippen LogP contribution is -2.11. The number of aryl methyl sites for hydroxylation is 1. The van der Waals surface area contributed by atoms with Gasteiger partial charge in [0, 0.05) is 35.4 Å². The maximum atomic E-state index is 12.9. The molecule has 4 rings (SSSR count). The van der Waals surface area contributed by atoms with Gasteiger partial charge < -0.3 is 10.3 Å². The maximum absolute atomic E-state index is 12.9. The number of nitrogens with zero attached hydrogens (tertiary/aromatic N) is 3. The average Bonchev–Trinajstić information content (AvgIpc) is 3.10. The highest BCUT2D eigenvalue weighted by atomic mass is 16.2. The number of nitrogens with two attached hydrogens (primary N) is 1. The Balaban J connectivity index is 1.92. The number of nitrogen functional groups attached to an aromatic ring is 1. The summed E-state index contributed by atoms with van der Waals surface area (Å²) in [5.41, 5.74) is 9.56. The van der Waals surface area contributed by atoms with Crippen molar-refractivity contribution in [2.24, 2.45) is 7.05 Å². The van der Waals surface area contributed by atoms with E-state index in [1.54, 1.807) is 23.0 Å². The molecular formula is C17H14N4O. The Morgan fingerprint density at radius 2 is 2.00 bits per heavy atom. The molecule has 0 atom stereocenters. The summed E-state index contributed by atoms with van der Waals surface area (Å²) >= 11 is 0. The predicted molar refractivity (Wildman–Crippen MR) is 86.8 cm³/mol. The summed E-state index contributed by atoms with van der Waals surface area (Å²) in [6.07, 6.45) is 3.50. The molecule has 4 aromatic rings. The molecule has 2 aromatic carbocycles. The monoisotopic (exact) mass is 290 g/mol. The van der Waals surface area contributed by atoms with Gasteiger partial charge in [-0.3, -0.25) is 9.36 Å². The van der Waals surface area contributed by atoms with Gasteiger partial charge >= 0.3 is 0 Å². The van der Waals surface area contributed by atoms with Crippen LogP contribution in [-0.2, 0) is 7.05 Å². The molecule has 5 nitrogen and oxygen atoms in total. The second-order valence-electron chi connectivity index (χ2n) is 5.33. The first kappa shape index (κ1) is 12.6. The highest BCUT2D eigenvalue weighted by Crippen LogP contribution is 2.23. The quantitative estimate of drug-likeness (QED) is 0.548. The fourth-order valence-electron chi connectivity index (χ4n) is 2.81. The largest absolute Gasteiger partial charge is 0.399 e. The van der Waals surface area contributed by atoms with Gasteiger partial charge in [0.2, 0.25) is 0 Å². The molecule has 0 unspecified atom stereocenters. The van der Waals surface area contributed by atoms with Crippen molar-refractivity contribution in [2.45, 2.75) is 0 Å². The van der Waals surface area contributed by atoms with Crippen LogP contribution in [0.5, 0.6) is 0 Å². The summed E-state index contributed by atoms with van der Waals surface area (Å²) in [5, 5.41) is 0.937. The van der Waals surface area contributed by atoms with Crippen LogP contribution >= 0.6 is 0 Å². The van der Waals surface area contributed by atoms with E-state index >= 15 is 0 Å². The molecule has 0 fully saturated rings. The van der Waals surface area contributed by atoms with Gasteiger partial charge in [-0.25, -0.2) is 4.98 Å². The van der Waals surface area contributed by atoms with Gasteiger partial charge in [0.15, 0.2) is 0 Å². The average molecular weight is 290 g/mol. The van der Waals surface area contributed by atoms with E-state index in [0.717, 1.165) is 16.4 Å². The number of rotatable bonds is 1. The Hall–Kier alpha value is -3.08. The Morgan fingerprint density at radius 1 is 1.14 bits per heavy atom. The molecular weight excluding hydrogens is 276 g/mol. The summed E-state index contributed by atoms with van der Waals surface area (Å²) < 4.78 is 3.56. The fourth-order valence-corrected chi connectivity index (χ4v) is 2.81. The van der Waals surface area contributed by atoms with Crippen molar-refractivity contribution in [1.29, 1.82) is 0 Å². The normalized spacial score (nSPS) is 11.3. The number of carbonyl (C=O) groups is 1. The number of fused-ring (bicyclic) bond motifs is 2. The van der Waals surface area contributed by atoms with Crippen LogP contribution in [0.15, 0.2) is 55.0 Å². The van der Waals surface area contributed by atoms with Crippen molar-refractivity contribution in [3.63, 3.8) is 0 Å². The van der Waals surface area contributed by atoms with Crippen molar-refractivity contribution in [3.05, 3.63) is 60.6 Å². The van der Waals surface area contributed by atoms with Gasteiger partial charge in [-0.1, -0.05) is 6.07 Å². The van der Waals surface area contributed by atoms with E-state index in [2.05, 4.69) is 4.98 Å². The fraction of sp³-hybridized carbons (Fsp3) is 0.0588. The summed E-state index contributed by atoms with van der Waals surface area (Å²) in [5.74, 6) is -0.0935. The van der Waals surface area contributed by atoms with Gasteiger partial charge in [0.25, 0.3) is 5.91 Å². The molecule has 22 heavy (non-hydrogen) atoms. The first-order valence-corrected chi connectivity index (χ1v) is 6.96. The zero-order valence-electron chi connectivity index (χ0n) is 12.0. The smallest absolute Gasteiger partial charge is 0.264 e. The molecule has 0 spiro atoms. The van der Waals surface area contributed by atoms with Gasteiger partial charge in [-0.05, 0) is 36.4 Å². The third-order valence-corrected chi connectivity index (χ3v) is 3.95. The van der Waals surface area contributed by atoms with E-state index in [9.17, 15) is 4.79 Å². The Labute approximate surface area is 126 Å². The predicted octanol–water partition coefficient (Wildman–Crippen LogP) is 2.80. The van der Waals surface area contributed by atoms with Crippen LogP contribution in [-0.4, -0.2) is 20.0 Å². The minimum atomic E-state index is -0.0935. The first-order chi connectivity index (χ1) is 10.6. The zero-order chi connectivity index (χ0) is 15.3. The van der Waals surface area contributed by atoms with E-state index in [4.69, 9.17) is 5.73 Å². The Bertz CT molecular complexity index is 1030. The molecule has 0 aliphatic carbocycles. The van der Waals surface area contributed by atoms with Crippen LogP contribution in [0.2, 0.25) is 0 Å². The SMILES string of the molecule is Cn1ccc2c(C(=O)n3cnc4cc(N)ccc43)cccc21. The summed E-state index contributed by atoms with van der Waals surface area (Å²) in [6, 6.07) is 13.1. The number of benzene rings is 2. The van der Waals surface area contributed by atoms with E-state index in [0.29, 0.717) is 16.8 Å². The van der Waals surface area contributed by atoms with E-state index in [1.165, 1.54) is 0 Å². The lowest BCUT2D eigenvalue weighted by atomic mass is 10.1. The van der Waals surface area contributed by atoms with Crippen molar-refractivity contribution in [3.8, 4) is 0 Å². The molecule has 0 radical (unpaired) electrons. The first-order valence-electron chi connectivity index (χ1n) is 6.96. The minimum Gasteiger partial charge on any atom is -0.399 e. The highest BCUT2D eigenvalue weighted by Gasteiger charge is 2.16. The van der Waals surface area contributed by atoms with Crippen LogP contribution in [0.25, 0.3) is 21.9 Å². The van der Waals surface area contributed by atoms with E-state index < -0.39 is 0 Å². The molecule has 108 valence electrons. The molecule has 2 N–H and O–H groups in total. The third-order valence-electron chi connectivity index (χ3n) is 3.95. The van der Waals surface area contributed by atoms with Crippen molar-refractivity contribution < 1.29 is 4.79 Å². The van der Waals surface area contributed by atoms with Crippen LogP contribution in [0.1, 0.15) is 10.4 Å². The van der Waals surface area contributed by atoms with Crippen LogP contribution in [0.3, 0.4) is 0 Å². The van der Waals surface area contributed by atoms with Gasteiger partial charge in [-0.2, -0.15) is 0 Å². The second kappa shape index (κ2) is 4.46. The third kappa shape index (κ3) is 1.72. The van der Waals surface area contributed by atoms with E-state index in [1.807, 2.05) is 48.1 Å². The van der Waals surface area contributed by atoms with Crippen LogP contribution in [0.4, 0.5) is 5.69 Å². The lowest BCUT2D eigenvalue weighted by Gasteiger charge is -2.06.